The second kappa shape index (κ2) is 13.2. The van der Waals surface area contributed by atoms with Crippen molar-refractivity contribution in [3.05, 3.63) is 70.1 Å². The zero-order chi connectivity index (χ0) is 13.3. The first-order chi connectivity index (χ1) is 7.38. The minimum absolute atomic E-state index is 0. The van der Waals surface area contributed by atoms with Crippen molar-refractivity contribution in [1.29, 1.82) is 0 Å². The Labute approximate surface area is 126 Å². The second-order valence-corrected chi connectivity index (χ2v) is 3.70. The summed E-state index contributed by atoms with van der Waals surface area (Å²) in [4.78, 5) is 0. The molecule has 11 radical (unpaired) electrons. The van der Waals surface area contributed by atoms with Crippen LogP contribution in [-0.4, -0.2) is 0 Å². The van der Waals surface area contributed by atoms with Gasteiger partial charge in [0.15, 0.2) is 0 Å². The van der Waals surface area contributed by atoms with Gasteiger partial charge in [-0.05, 0) is 70.1 Å². The molecule has 1 saturated carbocycles. The first-order valence-corrected chi connectivity index (χ1v) is 5.38. The minimum atomic E-state index is 0. The fraction of sp³-hybridized carbons (Fsp3) is 0.312. The summed E-state index contributed by atoms with van der Waals surface area (Å²) in [5.74, 6) is 7.34. The van der Waals surface area contributed by atoms with Crippen LogP contribution < -0.4 is 0 Å². The van der Waals surface area contributed by atoms with E-state index in [4.69, 9.17) is 0 Å². The van der Waals surface area contributed by atoms with E-state index in [0.717, 1.165) is 0 Å². The molecule has 0 aliphatic heterocycles. The maximum absolute atomic E-state index is 3.25. The molecule has 0 aromatic heterocycles. The number of hydrogen-bond donors (Lipinski definition) is 0. The summed E-state index contributed by atoms with van der Waals surface area (Å²) < 4.78 is 0. The molecular formula is C16H25Ti. The molecule has 0 spiro atoms. The molecular weight excluding hydrogens is 240 g/mol. The van der Waals surface area contributed by atoms with Crippen LogP contribution in [0.1, 0.15) is 34.6 Å². The molecule has 0 aromatic rings. The quantitative estimate of drug-likeness (QED) is 0.557. The van der Waals surface area contributed by atoms with Crippen molar-refractivity contribution in [1.82, 2.24) is 0 Å². The minimum Gasteiger partial charge on any atom is -0.0579 e. The van der Waals surface area contributed by atoms with E-state index >= 15 is 0 Å². The van der Waals surface area contributed by atoms with Crippen molar-refractivity contribution in [3.8, 4) is 0 Å². The zero-order valence-electron chi connectivity index (χ0n) is 12.0. The van der Waals surface area contributed by atoms with Gasteiger partial charge in [0.25, 0.3) is 0 Å². The van der Waals surface area contributed by atoms with Gasteiger partial charge in [-0.3, -0.25) is 0 Å². The van der Waals surface area contributed by atoms with Crippen LogP contribution in [0.25, 0.3) is 0 Å². The Hall–Kier alpha value is 0.714. The van der Waals surface area contributed by atoms with Gasteiger partial charge in [0.05, 0.1) is 0 Å². The van der Waals surface area contributed by atoms with Gasteiger partial charge >= 0.3 is 0 Å². The summed E-state index contributed by atoms with van der Waals surface area (Å²) in [6.07, 6.45) is 3.00. The Kier molecular flexibility index (Phi) is 17.7. The molecule has 0 aromatic carbocycles. The van der Waals surface area contributed by atoms with Crippen molar-refractivity contribution in [3.63, 3.8) is 0 Å². The van der Waals surface area contributed by atoms with E-state index in [1.165, 1.54) is 42.4 Å². The normalized spacial score (nSPS) is 18.9. The van der Waals surface area contributed by atoms with Crippen molar-refractivity contribution < 1.29 is 21.7 Å². The number of hydrogen-bond acceptors (Lipinski definition) is 0. The topological polar surface area (TPSA) is 0 Å². The summed E-state index contributed by atoms with van der Waals surface area (Å²) in [6.45, 7) is 24.0. The molecule has 0 amide bonds. The standard InChI is InChI=1S/C10H15.2C3H5.Ti/c1-6-7(2)9(4)10(5)8(6)3;2*1-3-2;/h1-5H3;2*3H,1-2H2;. The third kappa shape index (κ3) is 8.43. The number of rotatable bonds is 0. The largest absolute Gasteiger partial charge is 0.0579 e. The van der Waals surface area contributed by atoms with Crippen molar-refractivity contribution in [2.45, 2.75) is 34.6 Å². The third-order valence-electron chi connectivity index (χ3n) is 2.81. The van der Waals surface area contributed by atoms with Crippen molar-refractivity contribution in [2.24, 2.45) is 0 Å². The fourth-order valence-corrected chi connectivity index (χ4v) is 1.41. The molecule has 93 valence electrons. The van der Waals surface area contributed by atoms with Gasteiger partial charge in [-0.2, -0.15) is 0 Å². The summed E-state index contributed by atoms with van der Waals surface area (Å²) in [7, 11) is 0. The molecule has 0 N–H and O–H groups in total. The molecule has 1 rings (SSSR count). The predicted molar refractivity (Wildman–Crippen MR) is 74.6 cm³/mol. The molecule has 1 fully saturated rings. The van der Waals surface area contributed by atoms with Crippen LogP contribution in [0.15, 0.2) is 0 Å². The third-order valence-corrected chi connectivity index (χ3v) is 2.81. The first-order valence-electron chi connectivity index (χ1n) is 5.38. The molecule has 0 nitrogen and oxygen atoms in total. The smallest absolute Gasteiger partial charge is 0 e. The second-order valence-electron chi connectivity index (χ2n) is 3.70. The van der Waals surface area contributed by atoms with Crippen molar-refractivity contribution in [2.75, 3.05) is 0 Å². The fourth-order valence-electron chi connectivity index (χ4n) is 1.41. The van der Waals surface area contributed by atoms with E-state index in [9.17, 15) is 0 Å². The SMILES string of the molecule is C[C]1[C](C)[C](C)[C](C)[C]1C.[CH2][CH][CH2].[CH2][CH][CH2].[Ti]. The van der Waals surface area contributed by atoms with Crippen LogP contribution in [0.4, 0.5) is 0 Å². The average Bonchev–Trinajstić information content (AvgIpc) is 2.39. The molecule has 0 atom stereocenters. The average molecular weight is 265 g/mol. The van der Waals surface area contributed by atoms with Gasteiger partial charge < -0.3 is 0 Å². The van der Waals surface area contributed by atoms with Crippen molar-refractivity contribution >= 4 is 0 Å². The van der Waals surface area contributed by atoms with Crippen LogP contribution in [0.5, 0.6) is 0 Å². The van der Waals surface area contributed by atoms with Gasteiger partial charge in [-0.25, -0.2) is 0 Å². The van der Waals surface area contributed by atoms with E-state index in [1.807, 2.05) is 0 Å². The zero-order valence-corrected chi connectivity index (χ0v) is 13.5. The monoisotopic (exact) mass is 265 g/mol. The van der Waals surface area contributed by atoms with Gasteiger partial charge in [-0.1, -0.05) is 34.6 Å². The molecule has 0 heterocycles. The van der Waals surface area contributed by atoms with Gasteiger partial charge in [0.1, 0.15) is 0 Å². The molecule has 0 bridgehead atoms. The summed E-state index contributed by atoms with van der Waals surface area (Å²) in [6, 6.07) is 0. The van der Waals surface area contributed by atoms with Crippen LogP contribution in [0.2, 0.25) is 0 Å². The van der Waals surface area contributed by atoms with E-state index in [0.29, 0.717) is 0 Å². The molecule has 0 saturated heterocycles. The Morgan fingerprint density at radius 3 is 0.647 bits per heavy atom. The Bertz CT molecular complexity index is 97.6. The van der Waals surface area contributed by atoms with E-state index in [2.05, 4.69) is 62.3 Å². The first kappa shape index (κ1) is 22.9. The summed E-state index contributed by atoms with van der Waals surface area (Å²) in [5.41, 5.74) is 0. The predicted octanol–water partition coefficient (Wildman–Crippen LogP) is 4.69. The summed E-state index contributed by atoms with van der Waals surface area (Å²) >= 11 is 0. The maximum Gasteiger partial charge on any atom is 0 e. The maximum atomic E-state index is 3.25. The Balaban J connectivity index is -0.000000240. The van der Waals surface area contributed by atoms with Crippen LogP contribution in [-0.2, 0) is 21.7 Å². The van der Waals surface area contributed by atoms with Gasteiger partial charge in [0.2, 0.25) is 0 Å². The van der Waals surface area contributed by atoms with Gasteiger partial charge in [-0.15, -0.1) is 0 Å². The van der Waals surface area contributed by atoms with Crippen LogP contribution in [0.3, 0.4) is 0 Å². The van der Waals surface area contributed by atoms with Gasteiger partial charge in [0, 0.05) is 21.7 Å². The summed E-state index contributed by atoms with van der Waals surface area (Å²) in [5, 5.41) is 0. The molecule has 1 aliphatic carbocycles. The van der Waals surface area contributed by atoms with Crippen LogP contribution >= 0.6 is 0 Å². The molecule has 0 unspecified atom stereocenters. The molecule has 17 heavy (non-hydrogen) atoms. The van der Waals surface area contributed by atoms with E-state index in [-0.39, 0.29) is 21.7 Å². The van der Waals surface area contributed by atoms with Crippen LogP contribution in [0, 0.1) is 70.1 Å². The molecule has 1 heteroatoms. The Morgan fingerprint density at radius 2 is 0.588 bits per heavy atom. The molecule has 1 aliphatic rings. The van der Waals surface area contributed by atoms with E-state index in [1.54, 1.807) is 0 Å². The Morgan fingerprint density at radius 1 is 0.529 bits per heavy atom. The van der Waals surface area contributed by atoms with E-state index < -0.39 is 0 Å².